The van der Waals surface area contributed by atoms with Crippen molar-refractivity contribution in [1.82, 2.24) is 15.1 Å². The molecule has 1 aromatic heterocycles. The molecule has 0 saturated heterocycles. The lowest BCUT2D eigenvalue weighted by Gasteiger charge is -2.17. The third-order valence-electron chi connectivity index (χ3n) is 4.80. The number of aromatic nitrogens is 2. The number of carbonyl (C=O) groups excluding carboxylic acids is 1. The third kappa shape index (κ3) is 3.22. The number of fused-ring (bicyclic) bond motifs is 3. The minimum Gasteiger partial charge on any atom is -0.497 e. The van der Waals surface area contributed by atoms with Crippen LogP contribution in [-0.4, -0.2) is 29.9 Å². The summed E-state index contributed by atoms with van der Waals surface area (Å²) in [6.45, 7) is 0.328. The van der Waals surface area contributed by atoms with Gasteiger partial charge in [0, 0.05) is 40.9 Å². The molecule has 7 heteroatoms. The summed E-state index contributed by atoms with van der Waals surface area (Å²) in [7, 11) is 5.10. The van der Waals surface area contributed by atoms with Gasteiger partial charge in [-0.3, -0.25) is 9.48 Å². The van der Waals surface area contributed by atoms with Crippen LogP contribution in [0.4, 0.5) is 0 Å². The molecule has 0 bridgehead atoms. The lowest BCUT2D eigenvalue weighted by Crippen LogP contribution is -2.24. The summed E-state index contributed by atoms with van der Waals surface area (Å²) in [6.07, 6.45) is 0. The number of thioether (sulfide) groups is 1. The molecule has 1 N–H and O–H groups in total. The molecule has 0 saturated carbocycles. The van der Waals surface area contributed by atoms with E-state index in [9.17, 15) is 4.79 Å². The van der Waals surface area contributed by atoms with E-state index in [2.05, 4.69) is 22.5 Å². The predicted molar refractivity (Wildman–Crippen MR) is 109 cm³/mol. The highest BCUT2D eigenvalue weighted by atomic mass is 32.2. The largest absolute Gasteiger partial charge is 0.497 e. The molecule has 1 aliphatic rings. The second kappa shape index (κ2) is 7.59. The molecule has 0 unspecified atom stereocenters. The van der Waals surface area contributed by atoms with Gasteiger partial charge in [-0.2, -0.15) is 5.10 Å². The number of nitrogens with one attached hydrogen (secondary N) is 1. The fourth-order valence-corrected chi connectivity index (χ4v) is 4.51. The second-order valence-electron chi connectivity index (χ2n) is 6.44. The van der Waals surface area contributed by atoms with E-state index in [1.54, 1.807) is 30.7 Å². The summed E-state index contributed by atoms with van der Waals surface area (Å²) in [5.41, 5.74) is 4.43. The van der Waals surface area contributed by atoms with Gasteiger partial charge in [-0.05, 0) is 24.3 Å². The second-order valence-corrected chi connectivity index (χ2v) is 7.46. The van der Waals surface area contributed by atoms with Crippen LogP contribution in [0.3, 0.4) is 0 Å². The molecule has 0 aliphatic carbocycles. The molecular weight excluding hydrogens is 374 g/mol. The number of carbonyl (C=O) groups is 1. The molecule has 2 aromatic carbocycles. The number of hydrogen-bond acceptors (Lipinski definition) is 5. The average Bonchev–Trinajstić information content (AvgIpc) is 3.08. The van der Waals surface area contributed by atoms with Gasteiger partial charge in [0.15, 0.2) is 5.69 Å². The van der Waals surface area contributed by atoms with Gasteiger partial charge in [-0.25, -0.2) is 0 Å². The number of methoxy groups -OCH3 is 2. The normalized spacial score (nSPS) is 12.1. The zero-order chi connectivity index (χ0) is 19.7. The molecule has 0 atom stereocenters. The van der Waals surface area contributed by atoms with E-state index < -0.39 is 0 Å². The van der Waals surface area contributed by atoms with E-state index in [0.717, 1.165) is 28.1 Å². The van der Waals surface area contributed by atoms with E-state index in [-0.39, 0.29) is 5.91 Å². The van der Waals surface area contributed by atoms with Crippen molar-refractivity contribution >= 4 is 17.7 Å². The van der Waals surface area contributed by atoms with Gasteiger partial charge in [-0.1, -0.05) is 18.2 Å². The SMILES string of the molecule is COc1ccc(OC)c(CNC(=O)c2nn(C)c3c2CSc2ccccc2-3)c1. The number of nitrogens with zero attached hydrogens (tertiary/aromatic N) is 2. The smallest absolute Gasteiger partial charge is 0.272 e. The molecule has 4 rings (SSSR count). The fraction of sp³-hybridized carbons (Fsp3) is 0.238. The number of aryl methyl sites for hydroxylation is 1. The first-order valence-corrected chi connectivity index (χ1v) is 9.88. The van der Waals surface area contributed by atoms with Crippen molar-refractivity contribution in [3.8, 4) is 22.8 Å². The van der Waals surface area contributed by atoms with Crippen LogP contribution in [0.5, 0.6) is 11.5 Å². The standard InChI is InChI=1S/C21H21N3O3S/c1-24-20-15-6-4-5-7-18(15)28-12-16(20)19(23-24)21(25)22-11-13-10-14(26-2)8-9-17(13)27-3/h4-10H,11-12H2,1-3H3,(H,22,25). The zero-order valence-corrected chi connectivity index (χ0v) is 16.8. The van der Waals surface area contributed by atoms with E-state index in [1.165, 1.54) is 4.90 Å². The van der Waals surface area contributed by atoms with Gasteiger partial charge in [0.05, 0.1) is 19.9 Å². The molecule has 6 nitrogen and oxygen atoms in total. The molecule has 0 fully saturated rings. The van der Waals surface area contributed by atoms with Crippen LogP contribution in [0.2, 0.25) is 0 Å². The fourth-order valence-electron chi connectivity index (χ4n) is 3.44. The summed E-state index contributed by atoms with van der Waals surface area (Å²) in [5.74, 6) is 1.95. The Labute approximate surface area is 167 Å². The van der Waals surface area contributed by atoms with Crippen molar-refractivity contribution in [2.75, 3.05) is 14.2 Å². The quantitative estimate of drug-likeness (QED) is 0.715. The Morgan fingerprint density at radius 1 is 1.21 bits per heavy atom. The Bertz CT molecular complexity index is 1050. The van der Waals surface area contributed by atoms with Gasteiger partial charge < -0.3 is 14.8 Å². The van der Waals surface area contributed by atoms with Crippen molar-refractivity contribution in [2.24, 2.45) is 7.05 Å². The molecule has 3 aromatic rings. The number of hydrogen-bond donors (Lipinski definition) is 1. The highest BCUT2D eigenvalue weighted by Gasteiger charge is 2.27. The zero-order valence-electron chi connectivity index (χ0n) is 16.0. The van der Waals surface area contributed by atoms with Crippen molar-refractivity contribution in [3.05, 3.63) is 59.3 Å². The Morgan fingerprint density at radius 3 is 2.82 bits per heavy atom. The average molecular weight is 395 g/mol. The Hall–Kier alpha value is -2.93. The maximum Gasteiger partial charge on any atom is 0.272 e. The Kier molecular flexibility index (Phi) is 5.00. The molecule has 2 heterocycles. The lowest BCUT2D eigenvalue weighted by atomic mass is 10.1. The molecule has 0 radical (unpaired) electrons. The van der Waals surface area contributed by atoms with E-state index >= 15 is 0 Å². The minimum absolute atomic E-state index is 0.193. The van der Waals surface area contributed by atoms with Crippen LogP contribution in [0.25, 0.3) is 11.3 Å². The third-order valence-corrected chi connectivity index (χ3v) is 5.90. The van der Waals surface area contributed by atoms with Crippen LogP contribution in [0.1, 0.15) is 21.6 Å². The van der Waals surface area contributed by atoms with E-state index in [4.69, 9.17) is 9.47 Å². The highest BCUT2D eigenvalue weighted by molar-refractivity contribution is 7.98. The minimum atomic E-state index is -0.193. The Balaban J connectivity index is 1.60. The summed E-state index contributed by atoms with van der Waals surface area (Å²) < 4.78 is 12.5. The van der Waals surface area contributed by atoms with Crippen LogP contribution in [0, 0.1) is 0 Å². The predicted octanol–water partition coefficient (Wildman–Crippen LogP) is 3.64. The first-order valence-electron chi connectivity index (χ1n) is 8.89. The van der Waals surface area contributed by atoms with Crippen molar-refractivity contribution < 1.29 is 14.3 Å². The van der Waals surface area contributed by atoms with Crippen LogP contribution in [-0.2, 0) is 19.3 Å². The maximum atomic E-state index is 12.9. The summed E-state index contributed by atoms with van der Waals surface area (Å²) in [4.78, 5) is 14.1. The lowest BCUT2D eigenvalue weighted by molar-refractivity contribution is 0.0944. The van der Waals surface area contributed by atoms with Crippen molar-refractivity contribution in [3.63, 3.8) is 0 Å². The van der Waals surface area contributed by atoms with Crippen LogP contribution < -0.4 is 14.8 Å². The first-order chi connectivity index (χ1) is 13.6. The number of rotatable bonds is 5. The number of ether oxygens (including phenoxy) is 2. The van der Waals surface area contributed by atoms with Gasteiger partial charge in [0.25, 0.3) is 5.91 Å². The molecule has 1 amide bonds. The molecule has 0 spiro atoms. The Morgan fingerprint density at radius 2 is 2.04 bits per heavy atom. The van der Waals surface area contributed by atoms with E-state index in [1.807, 2.05) is 37.4 Å². The molecule has 144 valence electrons. The van der Waals surface area contributed by atoms with Gasteiger partial charge in [-0.15, -0.1) is 11.8 Å². The molecule has 1 aliphatic heterocycles. The van der Waals surface area contributed by atoms with Gasteiger partial charge in [0.2, 0.25) is 0 Å². The first kappa shape index (κ1) is 18.4. The molecular formula is C21H21N3O3S. The summed E-state index contributed by atoms with van der Waals surface area (Å²) in [6, 6.07) is 13.7. The van der Waals surface area contributed by atoms with E-state index in [0.29, 0.717) is 23.7 Å². The maximum absolute atomic E-state index is 12.9. The number of benzene rings is 2. The highest BCUT2D eigenvalue weighted by Crippen LogP contribution is 2.42. The van der Waals surface area contributed by atoms with Gasteiger partial charge >= 0.3 is 0 Å². The van der Waals surface area contributed by atoms with Crippen molar-refractivity contribution in [1.29, 1.82) is 0 Å². The topological polar surface area (TPSA) is 65.4 Å². The monoisotopic (exact) mass is 395 g/mol. The van der Waals surface area contributed by atoms with Crippen LogP contribution in [0.15, 0.2) is 47.4 Å². The van der Waals surface area contributed by atoms with Gasteiger partial charge in [0.1, 0.15) is 11.5 Å². The molecule has 28 heavy (non-hydrogen) atoms. The summed E-state index contributed by atoms with van der Waals surface area (Å²) >= 11 is 1.73. The summed E-state index contributed by atoms with van der Waals surface area (Å²) in [5, 5.41) is 7.48. The van der Waals surface area contributed by atoms with Crippen molar-refractivity contribution in [2.45, 2.75) is 17.2 Å². The van der Waals surface area contributed by atoms with Crippen LogP contribution >= 0.6 is 11.8 Å². The number of amides is 1.